The van der Waals surface area contributed by atoms with Gasteiger partial charge in [-0.1, -0.05) is 43.3 Å². The zero-order valence-corrected chi connectivity index (χ0v) is 16.8. The Balaban J connectivity index is 1.61. The Morgan fingerprint density at radius 1 is 1.03 bits per heavy atom. The molecule has 0 saturated heterocycles. The van der Waals surface area contributed by atoms with Gasteiger partial charge >= 0.3 is 0 Å². The molecule has 0 saturated carbocycles. The minimum absolute atomic E-state index is 0.0705. The summed E-state index contributed by atoms with van der Waals surface area (Å²) < 4.78 is 0. The quantitative estimate of drug-likeness (QED) is 0.335. The number of rotatable bonds is 8. The van der Waals surface area contributed by atoms with Crippen molar-refractivity contribution >= 4 is 24.4 Å². The number of tetrazole rings is 1. The summed E-state index contributed by atoms with van der Waals surface area (Å²) in [5, 5.41) is 19.7. The molecule has 2 amide bonds. The average Bonchev–Trinajstić information content (AvgIpc) is 3.30. The first-order valence-electron chi connectivity index (χ1n) is 9.20. The molecule has 3 N–H and O–H groups in total. The maximum Gasteiger partial charge on any atom is 0.251 e. The Morgan fingerprint density at radius 3 is 2.38 bits per heavy atom. The number of aromatic nitrogens is 4. The van der Waals surface area contributed by atoms with Crippen LogP contribution < -0.4 is 10.6 Å². The monoisotopic (exact) mass is 410 g/mol. The number of nitrogens with one attached hydrogen (secondary N) is 3. The predicted molar refractivity (Wildman–Crippen MR) is 113 cm³/mol. The van der Waals surface area contributed by atoms with Crippen molar-refractivity contribution < 1.29 is 9.59 Å². The first kappa shape index (κ1) is 20.5. The standard InChI is InChI=1S/C20H22N6O2S/c1-13(12-29)19(27)21-10-11-22-20(28)15-8-6-14(7-9-15)16-4-2-3-5-17(16)18-23-25-26-24-18/h2-9,13,29H,10-12H2,1H3,(H,21,27)(H,22,28)(H,23,24,25,26)/t13-/m1/s1. The molecule has 0 unspecified atom stereocenters. The molecule has 0 aliphatic rings. The molecule has 1 heterocycles. The lowest BCUT2D eigenvalue weighted by Crippen LogP contribution is -2.37. The third-order valence-electron chi connectivity index (χ3n) is 4.40. The fraction of sp³-hybridized carbons (Fsp3) is 0.250. The molecule has 1 atom stereocenters. The molecule has 0 bridgehead atoms. The first-order valence-corrected chi connectivity index (χ1v) is 9.83. The van der Waals surface area contributed by atoms with Crippen LogP contribution in [0.3, 0.4) is 0 Å². The highest BCUT2D eigenvalue weighted by Crippen LogP contribution is 2.29. The highest BCUT2D eigenvalue weighted by molar-refractivity contribution is 7.80. The molecule has 9 heteroatoms. The summed E-state index contributed by atoms with van der Waals surface area (Å²) in [6.07, 6.45) is 0. The molecular weight excluding hydrogens is 388 g/mol. The van der Waals surface area contributed by atoms with Crippen molar-refractivity contribution in [3.8, 4) is 22.5 Å². The fourth-order valence-corrected chi connectivity index (χ4v) is 2.89. The summed E-state index contributed by atoms with van der Waals surface area (Å²) in [5.74, 6) is 0.576. The number of carbonyl (C=O) groups excluding carboxylic acids is 2. The third kappa shape index (κ3) is 5.20. The number of carbonyl (C=O) groups is 2. The van der Waals surface area contributed by atoms with Crippen LogP contribution in [0.4, 0.5) is 0 Å². The number of amides is 2. The van der Waals surface area contributed by atoms with Crippen LogP contribution in [0.25, 0.3) is 22.5 Å². The van der Waals surface area contributed by atoms with E-state index < -0.39 is 0 Å². The number of hydrogen-bond donors (Lipinski definition) is 4. The van der Waals surface area contributed by atoms with Crippen molar-refractivity contribution in [2.45, 2.75) is 6.92 Å². The molecular formula is C20H22N6O2S. The van der Waals surface area contributed by atoms with Gasteiger partial charge in [0.25, 0.3) is 5.91 Å². The summed E-state index contributed by atoms with van der Waals surface area (Å²) in [7, 11) is 0. The van der Waals surface area contributed by atoms with E-state index in [9.17, 15) is 9.59 Å². The maximum atomic E-state index is 12.3. The zero-order valence-electron chi connectivity index (χ0n) is 15.9. The smallest absolute Gasteiger partial charge is 0.251 e. The van der Waals surface area contributed by atoms with Gasteiger partial charge in [0.15, 0.2) is 0 Å². The minimum atomic E-state index is -0.195. The van der Waals surface area contributed by atoms with Crippen LogP contribution in [0, 0.1) is 5.92 Å². The summed E-state index contributed by atoms with van der Waals surface area (Å²) in [4.78, 5) is 24.0. The maximum absolute atomic E-state index is 12.3. The van der Waals surface area contributed by atoms with Gasteiger partial charge in [-0.05, 0) is 28.5 Å². The van der Waals surface area contributed by atoms with Gasteiger partial charge in [0.05, 0.1) is 0 Å². The van der Waals surface area contributed by atoms with Crippen molar-refractivity contribution in [1.29, 1.82) is 0 Å². The van der Waals surface area contributed by atoms with E-state index in [-0.39, 0.29) is 17.7 Å². The summed E-state index contributed by atoms with van der Waals surface area (Å²) in [6, 6.07) is 15.0. The van der Waals surface area contributed by atoms with Crippen LogP contribution in [0.5, 0.6) is 0 Å². The number of thiol groups is 1. The molecule has 0 fully saturated rings. The van der Waals surface area contributed by atoms with Gasteiger partial charge in [-0.2, -0.15) is 17.8 Å². The lowest BCUT2D eigenvalue weighted by atomic mass is 9.98. The first-order chi connectivity index (χ1) is 14.1. The Labute approximate surface area is 173 Å². The summed E-state index contributed by atoms with van der Waals surface area (Å²) in [5.41, 5.74) is 3.28. The van der Waals surface area contributed by atoms with Crippen molar-refractivity contribution in [2.75, 3.05) is 18.8 Å². The van der Waals surface area contributed by atoms with Crippen LogP contribution in [-0.2, 0) is 4.79 Å². The molecule has 3 aromatic rings. The molecule has 8 nitrogen and oxygen atoms in total. The van der Waals surface area contributed by atoms with Gasteiger partial charge in [0.2, 0.25) is 11.7 Å². The molecule has 2 aromatic carbocycles. The largest absolute Gasteiger partial charge is 0.354 e. The van der Waals surface area contributed by atoms with Gasteiger partial charge in [-0.15, -0.1) is 10.2 Å². The average molecular weight is 411 g/mol. The Morgan fingerprint density at radius 2 is 1.72 bits per heavy atom. The zero-order chi connectivity index (χ0) is 20.6. The van der Waals surface area contributed by atoms with Gasteiger partial charge in [0, 0.05) is 35.9 Å². The Bertz CT molecular complexity index is 959. The van der Waals surface area contributed by atoms with E-state index in [0.29, 0.717) is 30.2 Å². The Hall–Kier alpha value is -3.20. The SMILES string of the molecule is C[C@H](CS)C(=O)NCCNC(=O)c1ccc(-c2ccccc2-c2nn[nH]n2)cc1. The Kier molecular flexibility index (Phi) is 6.96. The van der Waals surface area contributed by atoms with Crippen LogP contribution in [-0.4, -0.2) is 51.3 Å². The van der Waals surface area contributed by atoms with E-state index >= 15 is 0 Å². The molecule has 0 radical (unpaired) electrons. The van der Waals surface area contributed by atoms with E-state index in [4.69, 9.17) is 0 Å². The number of aromatic amines is 1. The number of nitrogens with zero attached hydrogens (tertiary/aromatic N) is 3. The van der Waals surface area contributed by atoms with Crippen molar-refractivity contribution in [1.82, 2.24) is 31.3 Å². The molecule has 0 spiro atoms. The van der Waals surface area contributed by atoms with Crippen LogP contribution in [0.1, 0.15) is 17.3 Å². The predicted octanol–water partition coefficient (Wildman–Crippen LogP) is 1.95. The molecule has 3 rings (SSSR count). The molecule has 0 aliphatic heterocycles. The molecule has 0 aliphatic carbocycles. The summed E-state index contributed by atoms with van der Waals surface area (Å²) >= 11 is 4.10. The highest BCUT2D eigenvalue weighted by atomic mass is 32.1. The summed E-state index contributed by atoms with van der Waals surface area (Å²) in [6.45, 7) is 2.53. The van der Waals surface area contributed by atoms with Gasteiger partial charge in [0.1, 0.15) is 0 Å². The second-order valence-corrected chi connectivity index (χ2v) is 6.85. The van der Waals surface area contributed by atoms with Crippen molar-refractivity contribution in [3.63, 3.8) is 0 Å². The number of hydrogen-bond acceptors (Lipinski definition) is 6. The van der Waals surface area contributed by atoms with E-state index in [1.165, 1.54) is 0 Å². The van der Waals surface area contributed by atoms with Crippen LogP contribution in [0.15, 0.2) is 48.5 Å². The molecule has 150 valence electrons. The second-order valence-electron chi connectivity index (χ2n) is 6.49. The van der Waals surface area contributed by atoms with E-state index in [1.807, 2.05) is 36.4 Å². The van der Waals surface area contributed by atoms with Gasteiger partial charge in [-0.25, -0.2) is 0 Å². The lowest BCUT2D eigenvalue weighted by Gasteiger charge is -2.11. The van der Waals surface area contributed by atoms with Crippen LogP contribution >= 0.6 is 12.6 Å². The van der Waals surface area contributed by atoms with Crippen molar-refractivity contribution in [2.24, 2.45) is 5.92 Å². The minimum Gasteiger partial charge on any atom is -0.354 e. The lowest BCUT2D eigenvalue weighted by molar-refractivity contribution is -0.123. The molecule has 1 aromatic heterocycles. The van der Waals surface area contributed by atoms with Crippen molar-refractivity contribution in [3.05, 3.63) is 54.1 Å². The highest BCUT2D eigenvalue weighted by Gasteiger charge is 2.12. The number of benzene rings is 2. The fourth-order valence-electron chi connectivity index (χ4n) is 2.73. The topological polar surface area (TPSA) is 113 Å². The second kappa shape index (κ2) is 9.83. The van der Waals surface area contributed by atoms with Gasteiger partial charge in [-0.3, -0.25) is 9.59 Å². The van der Waals surface area contributed by atoms with E-state index in [2.05, 4.69) is 43.9 Å². The van der Waals surface area contributed by atoms with Crippen LogP contribution in [0.2, 0.25) is 0 Å². The third-order valence-corrected chi connectivity index (χ3v) is 4.95. The normalized spacial score (nSPS) is 11.7. The molecule has 29 heavy (non-hydrogen) atoms. The van der Waals surface area contributed by atoms with Gasteiger partial charge < -0.3 is 10.6 Å². The van der Waals surface area contributed by atoms with E-state index in [1.54, 1.807) is 19.1 Å². The number of H-pyrrole nitrogens is 1. The van der Waals surface area contributed by atoms with E-state index in [0.717, 1.165) is 16.7 Å².